The van der Waals surface area contributed by atoms with Gasteiger partial charge in [-0.2, -0.15) is 0 Å². The van der Waals surface area contributed by atoms with E-state index in [1.807, 2.05) is 12.1 Å². The molecule has 2 aromatic rings. The molecular weight excluding hydrogens is 245 g/mol. The van der Waals surface area contributed by atoms with Crippen molar-refractivity contribution in [3.05, 3.63) is 65.5 Å². The summed E-state index contributed by atoms with van der Waals surface area (Å²) in [5, 5.41) is 2.72. The topological polar surface area (TPSA) is 38.3 Å². The number of carbonyl (C=O) groups is 1. The van der Waals surface area contributed by atoms with Crippen LogP contribution in [0.1, 0.15) is 15.9 Å². The first-order valence-electron chi connectivity index (χ1n) is 5.77. The molecule has 0 unspecified atom stereocenters. The van der Waals surface area contributed by atoms with Crippen molar-refractivity contribution in [2.24, 2.45) is 0 Å². The molecule has 2 aromatic carbocycles. The summed E-state index contributed by atoms with van der Waals surface area (Å²) in [6.07, 6.45) is 0. The molecule has 0 aromatic heterocycles. The predicted molar refractivity (Wildman–Crippen MR) is 69.4 cm³/mol. The Labute approximate surface area is 111 Å². The lowest BCUT2D eigenvalue weighted by molar-refractivity contribution is 0.0947. The fraction of sp³-hybridized carbons (Fsp3) is 0.133. The van der Waals surface area contributed by atoms with Crippen LogP contribution in [0.15, 0.2) is 42.5 Å². The van der Waals surface area contributed by atoms with E-state index in [2.05, 4.69) is 11.4 Å². The van der Waals surface area contributed by atoms with Crippen LogP contribution in [-0.2, 0) is 6.54 Å². The van der Waals surface area contributed by atoms with Gasteiger partial charge in [-0.05, 0) is 29.8 Å². The number of ether oxygens (including phenoxy) is 1. The second kappa shape index (κ2) is 6.00. The van der Waals surface area contributed by atoms with Crippen molar-refractivity contribution < 1.29 is 13.9 Å². The Kier molecular flexibility index (Phi) is 4.13. The van der Waals surface area contributed by atoms with E-state index < -0.39 is 5.82 Å². The molecule has 0 saturated heterocycles. The number of rotatable bonds is 4. The Balaban J connectivity index is 2.10. The SMILES string of the molecule is COc1ccc(F)cc1C(=O)NCc1cc[c]cc1. The van der Waals surface area contributed by atoms with E-state index in [0.29, 0.717) is 12.3 Å². The fourth-order valence-electron chi connectivity index (χ4n) is 1.67. The minimum atomic E-state index is -0.472. The highest BCUT2D eigenvalue weighted by Crippen LogP contribution is 2.19. The van der Waals surface area contributed by atoms with Gasteiger partial charge >= 0.3 is 0 Å². The van der Waals surface area contributed by atoms with Gasteiger partial charge in [-0.3, -0.25) is 4.79 Å². The van der Waals surface area contributed by atoms with Gasteiger partial charge in [0.15, 0.2) is 0 Å². The molecule has 0 bridgehead atoms. The van der Waals surface area contributed by atoms with Gasteiger partial charge in [0.05, 0.1) is 12.7 Å². The standard InChI is InChI=1S/C15H13FNO2/c1-19-14-8-7-12(16)9-13(14)15(18)17-10-11-5-3-2-4-6-11/h3-9H,10H2,1H3,(H,17,18). The third kappa shape index (κ3) is 3.31. The third-order valence-electron chi connectivity index (χ3n) is 2.65. The monoisotopic (exact) mass is 258 g/mol. The van der Waals surface area contributed by atoms with Crippen molar-refractivity contribution >= 4 is 5.91 Å². The number of halogens is 1. The number of hydrogen-bond acceptors (Lipinski definition) is 2. The normalized spacial score (nSPS) is 10.0. The van der Waals surface area contributed by atoms with Crippen LogP contribution in [0.4, 0.5) is 4.39 Å². The average Bonchev–Trinajstić information content (AvgIpc) is 2.46. The van der Waals surface area contributed by atoms with Crippen molar-refractivity contribution in [3.63, 3.8) is 0 Å². The number of methoxy groups -OCH3 is 1. The molecule has 1 amide bonds. The van der Waals surface area contributed by atoms with E-state index in [-0.39, 0.29) is 11.5 Å². The number of nitrogens with one attached hydrogen (secondary N) is 1. The maximum absolute atomic E-state index is 13.2. The maximum atomic E-state index is 13.2. The summed E-state index contributed by atoms with van der Waals surface area (Å²) in [6.45, 7) is 0.368. The summed E-state index contributed by atoms with van der Waals surface area (Å²) in [6, 6.07) is 14.0. The summed E-state index contributed by atoms with van der Waals surface area (Å²) >= 11 is 0. The molecule has 1 N–H and O–H groups in total. The highest BCUT2D eigenvalue weighted by Gasteiger charge is 2.12. The van der Waals surface area contributed by atoms with Crippen LogP contribution < -0.4 is 10.1 Å². The minimum absolute atomic E-state index is 0.185. The first-order valence-corrected chi connectivity index (χ1v) is 5.77. The summed E-state index contributed by atoms with van der Waals surface area (Å²) in [5.41, 5.74) is 1.13. The van der Waals surface area contributed by atoms with Crippen LogP contribution in [0.3, 0.4) is 0 Å². The second-order valence-corrected chi connectivity index (χ2v) is 3.94. The van der Waals surface area contributed by atoms with Crippen molar-refractivity contribution in [1.82, 2.24) is 5.32 Å². The van der Waals surface area contributed by atoms with Gasteiger partial charge < -0.3 is 10.1 Å². The summed E-state index contributed by atoms with van der Waals surface area (Å²) in [4.78, 5) is 12.0. The van der Waals surface area contributed by atoms with E-state index in [4.69, 9.17) is 4.74 Å². The molecule has 97 valence electrons. The van der Waals surface area contributed by atoms with E-state index in [1.165, 1.54) is 19.2 Å². The molecule has 0 fully saturated rings. The molecule has 2 rings (SSSR count). The molecule has 19 heavy (non-hydrogen) atoms. The molecule has 0 atom stereocenters. The molecule has 0 saturated carbocycles. The van der Waals surface area contributed by atoms with Crippen LogP contribution in [-0.4, -0.2) is 13.0 Å². The molecule has 0 aliphatic heterocycles. The van der Waals surface area contributed by atoms with Gasteiger partial charge in [0.2, 0.25) is 0 Å². The van der Waals surface area contributed by atoms with Gasteiger partial charge in [0.1, 0.15) is 11.6 Å². The van der Waals surface area contributed by atoms with Gasteiger partial charge in [-0.15, -0.1) is 0 Å². The number of carbonyl (C=O) groups excluding carboxylic acids is 1. The van der Waals surface area contributed by atoms with Gasteiger partial charge in [0.25, 0.3) is 5.91 Å². The molecule has 0 aliphatic rings. The number of amides is 1. The minimum Gasteiger partial charge on any atom is -0.496 e. The highest BCUT2D eigenvalue weighted by molar-refractivity contribution is 5.96. The fourth-order valence-corrected chi connectivity index (χ4v) is 1.67. The van der Waals surface area contributed by atoms with Crippen LogP contribution in [0.25, 0.3) is 0 Å². The zero-order valence-corrected chi connectivity index (χ0v) is 10.4. The quantitative estimate of drug-likeness (QED) is 0.915. The summed E-state index contributed by atoms with van der Waals surface area (Å²) in [5.74, 6) is -0.496. The lowest BCUT2D eigenvalue weighted by Gasteiger charge is -2.09. The smallest absolute Gasteiger partial charge is 0.255 e. The second-order valence-electron chi connectivity index (χ2n) is 3.94. The van der Waals surface area contributed by atoms with Crippen molar-refractivity contribution in [2.45, 2.75) is 6.54 Å². The van der Waals surface area contributed by atoms with E-state index in [1.54, 1.807) is 12.1 Å². The summed E-state index contributed by atoms with van der Waals surface area (Å²) in [7, 11) is 1.44. The Hall–Kier alpha value is -2.36. The summed E-state index contributed by atoms with van der Waals surface area (Å²) < 4.78 is 18.2. The molecule has 0 heterocycles. The van der Waals surface area contributed by atoms with Crippen LogP contribution in [0.5, 0.6) is 5.75 Å². The zero-order chi connectivity index (χ0) is 13.7. The number of hydrogen-bond donors (Lipinski definition) is 1. The molecular formula is C15H13FNO2. The predicted octanol–water partition coefficient (Wildman–Crippen LogP) is 2.56. The Morgan fingerprint density at radius 3 is 2.74 bits per heavy atom. The van der Waals surface area contributed by atoms with E-state index >= 15 is 0 Å². The first-order chi connectivity index (χ1) is 9.20. The zero-order valence-electron chi connectivity index (χ0n) is 10.4. The van der Waals surface area contributed by atoms with Gasteiger partial charge in [-0.25, -0.2) is 4.39 Å². The Morgan fingerprint density at radius 1 is 1.32 bits per heavy atom. The van der Waals surface area contributed by atoms with Gasteiger partial charge in [0, 0.05) is 6.54 Å². The van der Waals surface area contributed by atoms with Crippen molar-refractivity contribution in [3.8, 4) is 5.75 Å². The Morgan fingerprint density at radius 2 is 2.05 bits per heavy atom. The van der Waals surface area contributed by atoms with Crippen LogP contribution in [0, 0.1) is 11.9 Å². The van der Waals surface area contributed by atoms with Gasteiger partial charge in [-0.1, -0.05) is 24.3 Å². The first kappa shape index (κ1) is 13.1. The average molecular weight is 258 g/mol. The molecule has 3 nitrogen and oxygen atoms in total. The van der Waals surface area contributed by atoms with Crippen LogP contribution >= 0.6 is 0 Å². The highest BCUT2D eigenvalue weighted by atomic mass is 19.1. The molecule has 1 radical (unpaired) electrons. The number of benzene rings is 2. The maximum Gasteiger partial charge on any atom is 0.255 e. The largest absolute Gasteiger partial charge is 0.496 e. The van der Waals surface area contributed by atoms with Crippen molar-refractivity contribution in [2.75, 3.05) is 7.11 Å². The van der Waals surface area contributed by atoms with E-state index in [9.17, 15) is 9.18 Å². The van der Waals surface area contributed by atoms with E-state index in [0.717, 1.165) is 11.6 Å². The molecule has 0 spiro atoms. The van der Waals surface area contributed by atoms with Crippen LogP contribution in [0.2, 0.25) is 0 Å². The molecule has 4 heteroatoms. The lowest BCUT2D eigenvalue weighted by Crippen LogP contribution is -2.23. The Bertz CT molecular complexity index is 570. The third-order valence-corrected chi connectivity index (χ3v) is 2.65. The van der Waals surface area contributed by atoms with Crippen molar-refractivity contribution in [1.29, 1.82) is 0 Å². The lowest BCUT2D eigenvalue weighted by atomic mass is 10.1. The molecule has 0 aliphatic carbocycles.